The zero-order chi connectivity index (χ0) is 32.6. The van der Waals surface area contributed by atoms with Crippen LogP contribution in [0.25, 0.3) is 50.3 Å². The van der Waals surface area contributed by atoms with Crippen molar-refractivity contribution in [3.63, 3.8) is 0 Å². The number of benzene rings is 6. The van der Waals surface area contributed by atoms with E-state index in [0.29, 0.717) is 0 Å². The lowest BCUT2D eigenvalue weighted by molar-refractivity contribution is 0.757. The van der Waals surface area contributed by atoms with Gasteiger partial charge in [0.25, 0.3) is 0 Å². The van der Waals surface area contributed by atoms with E-state index >= 15 is 0 Å². The van der Waals surface area contributed by atoms with Gasteiger partial charge in [0.2, 0.25) is 0 Å². The Balaban J connectivity index is 1.16. The Morgan fingerprint density at radius 2 is 0.918 bits per heavy atom. The van der Waals surface area contributed by atoms with E-state index in [1.54, 1.807) is 0 Å². The Hall–Kier alpha value is -6.05. The molecule has 49 heavy (non-hydrogen) atoms. The van der Waals surface area contributed by atoms with Crippen LogP contribution in [0.3, 0.4) is 0 Å². The first kappa shape index (κ1) is 29.1. The second kappa shape index (κ2) is 12.2. The van der Waals surface area contributed by atoms with Crippen LogP contribution in [0.2, 0.25) is 0 Å². The number of nitrogens with zero attached hydrogens (tertiary/aromatic N) is 1. The van der Waals surface area contributed by atoms with E-state index < -0.39 is 0 Å². The molecule has 0 spiro atoms. The van der Waals surface area contributed by atoms with Crippen molar-refractivity contribution in [2.24, 2.45) is 0 Å². The van der Waals surface area contributed by atoms with Crippen molar-refractivity contribution >= 4 is 5.57 Å². The number of hydrogen-bond donors (Lipinski definition) is 0. The molecule has 1 heteroatoms. The predicted molar refractivity (Wildman–Crippen MR) is 204 cm³/mol. The molecular formula is C48H35N. The van der Waals surface area contributed by atoms with Crippen LogP contribution in [-0.4, -0.2) is 4.98 Å². The third-order valence-corrected chi connectivity index (χ3v) is 10.3. The van der Waals surface area contributed by atoms with E-state index in [1.807, 2.05) is 0 Å². The summed E-state index contributed by atoms with van der Waals surface area (Å²) in [6.45, 7) is 0. The topological polar surface area (TPSA) is 12.9 Å². The van der Waals surface area contributed by atoms with Gasteiger partial charge < -0.3 is 0 Å². The Labute approximate surface area is 288 Å². The summed E-state index contributed by atoms with van der Waals surface area (Å²) in [5.41, 5.74) is 16.9. The van der Waals surface area contributed by atoms with E-state index in [1.165, 1.54) is 50.1 Å². The summed E-state index contributed by atoms with van der Waals surface area (Å²) in [7, 11) is 0. The molecule has 1 aromatic heterocycles. The lowest BCUT2D eigenvalue weighted by atomic mass is 9.66. The van der Waals surface area contributed by atoms with Gasteiger partial charge in [0.1, 0.15) is 0 Å². The molecule has 0 radical (unpaired) electrons. The molecule has 9 rings (SSSR count). The molecule has 0 unspecified atom stereocenters. The van der Waals surface area contributed by atoms with Crippen molar-refractivity contribution in [1.29, 1.82) is 0 Å². The molecule has 0 N–H and O–H groups in total. The summed E-state index contributed by atoms with van der Waals surface area (Å²) in [6, 6.07) is 63.7. The molecule has 6 aromatic carbocycles. The molecule has 1 heterocycles. The molecule has 0 bridgehead atoms. The van der Waals surface area contributed by atoms with Crippen LogP contribution in [0.15, 0.2) is 194 Å². The Morgan fingerprint density at radius 3 is 1.47 bits per heavy atom. The van der Waals surface area contributed by atoms with E-state index in [-0.39, 0.29) is 5.41 Å². The average Bonchev–Trinajstić information content (AvgIpc) is 3.49. The van der Waals surface area contributed by atoms with Gasteiger partial charge in [-0.25, -0.2) is 4.98 Å². The Kier molecular flexibility index (Phi) is 7.25. The van der Waals surface area contributed by atoms with E-state index in [2.05, 4.69) is 188 Å². The van der Waals surface area contributed by atoms with Crippen molar-refractivity contribution in [2.75, 3.05) is 0 Å². The molecule has 1 nitrogen and oxygen atoms in total. The van der Waals surface area contributed by atoms with Crippen LogP contribution in [0.5, 0.6) is 0 Å². The van der Waals surface area contributed by atoms with Crippen LogP contribution >= 0.6 is 0 Å². The van der Waals surface area contributed by atoms with Crippen molar-refractivity contribution in [1.82, 2.24) is 4.98 Å². The van der Waals surface area contributed by atoms with Crippen molar-refractivity contribution in [3.05, 3.63) is 216 Å². The third kappa shape index (κ3) is 4.98. The minimum absolute atomic E-state index is 0.362. The minimum Gasteiger partial charge on any atom is -0.248 e. The third-order valence-electron chi connectivity index (χ3n) is 10.3. The first-order valence-corrected chi connectivity index (χ1v) is 17.2. The fraction of sp³-hybridized carbons (Fsp3) is 0.0625. The normalized spacial score (nSPS) is 14.4. The first-order chi connectivity index (χ1) is 24.3. The molecular weight excluding hydrogens is 591 g/mol. The molecule has 2 aliphatic rings. The van der Waals surface area contributed by atoms with Crippen LogP contribution in [0, 0.1) is 0 Å². The van der Waals surface area contributed by atoms with Crippen molar-refractivity contribution < 1.29 is 0 Å². The van der Waals surface area contributed by atoms with Gasteiger partial charge in [-0.1, -0.05) is 170 Å². The molecule has 0 fully saturated rings. The zero-order valence-corrected chi connectivity index (χ0v) is 27.3. The maximum atomic E-state index is 5.08. The Morgan fingerprint density at radius 1 is 0.429 bits per heavy atom. The summed E-state index contributed by atoms with van der Waals surface area (Å²) in [4.78, 5) is 5.08. The largest absolute Gasteiger partial charge is 0.248 e. The number of aromatic nitrogens is 1. The monoisotopic (exact) mass is 625 g/mol. The van der Waals surface area contributed by atoms with Gasteiger partial charge in [-0.2, -0.15) is 0 Å². The quantitative estimate of drug-likeness (QED) is 0.179. The van der Waals surface area contributed by atoms with E-state index in [0.717, 1.165) is 40.9 Å². The maximum absolute atomic E-state index is 5.08. The van der Waals surface area contributed by atoms with E-state index in [9.17, 15) is 0 Å². The van der Waals surface area contributed by atoms with Crippen LogP contribution in [0.1, 0.15) is 35.1 Å². The summed E-state index contributed by atoms with van der Waals surface area (Å²) in [5, 5.41) is 0. The smallest absolute Gasteiger partial charge is 0.0715 e. The SMILES string of the molecule is C1=CC2=C(CC1)c1ccc(-c3ccc(-c4cc(-c5ccccc5)nc(-c5ccccc5)c4)cc3)cc1C2(c1ccccc1)c1ccccc1. The van der Waals surface area contributed by atoms with Crippen LogP contribution in [0.4, 0.5) is 0 Å². The Bertz CT molecular complexity index is 2240. The molecule has 0 saturated carbocycles. The highest BCUT2D eigenvalue weighted by molar-refractivity contribution is 5.90. The minimum atomic E-state index is -0.362. The highest BCUT2D eigenvalue weighted by atomic mass is 14.7. The summed E-state index contributed by atoms with van der Waals surface area (Å²) in [5.74, 6) is 0. The molecule has 0 amide bonds. The maximum Gasteiger partial charge on any atom is 0.0715 e. The van der Waals surface area contributed by atoms with Gasteiger partial charge in [-0.3, -0.25) is 0 Å². The fourth-order valence-corrected chi connectivity index (χ4v) is 7.97. The first-order valence-electron chi connectivity index (χ1n) is 17.2. The van der Waals surface area contributed by atoms with Gasteiger partial charge in [0.05, 0.1) is 16.8 Å². The van der Waals surface area contributed by atoms with E-state index in [4.69, 9.17) is 4.98 Å². The summed E-state index contributed by atoms with van der Waals surface area (Å²) in [6.07, 6.45) is 6.90. The second-order valence-electron chi connectivity index (χ2n) is 13.0. The van der Waals surface area contributed by atoms with Crippen molar-refractivity contribution in [3.8, 4) is 44.8 Å². The van der Waals surface area contributed by atoms with Crippen LogP contribution in [-0.2, 0) is 5.41 Å². The number of pyridine rings is 1. The second-order valence-corrected chi connectivity index (χ2v) is 13.0. The molecule has 232 valence electrons. The average molecular weight is 626 g/mol. The molecule has 7 aromatic rings. The highest BCUT2D eigenvalue weighted by Gasteiger charge is 2.47. The molecule has 2 aliphatic carbocycles. The lowest BCUT2D eigenvalue weighted by Crippen LogP contribution is -2.29. The number of allylic oxidation sites excluding steroid dienone is 4. The predicted octanol–water partition coefficient (Wildman–Crippen LogP) is 12.2. The molecule has 0 atom stereocenters. The number of hydrogen-bond acceptors (Lipinski definition) is 1. The number of rotatable bonds is 6. The van der Waals surface area contributed by atoms with Gasteiger partial charge in [-0.15, -0.1) is 0 Å². The molecule has 0 aliphatic heterocycles. The zero-order valence-electron chi connectivity index (χ0n) is 27.3. The summed E-state index contributed by atoms with van der Waals surface area (Å²) < 4.78 is 0. The van der Waals surface area contributed by atoms with Gasteiger partial charge in [0.15, 0.2) is 0 Å². The lowest BCUT2D eigenvalue weighted by Gasteiger charge is -2.35. The van der Waals surface area contributed by atoms with Crippen LogP contribution < -0.4 is 0 Å². The molecule has 0 saturated heterocycles. The summed E-state index contributed by atoms with van der Waals surface area (Å²) >= 11 is 0. The number of fused-ring (bicyclic) bond motifs is 2. The van der Waals surface area contributed by atoms with Crippen molar-refractivity contribution in [2.45, 2.75) is 18.3 Å². The highest BCUT2D eigenvalue weighted by Crippen LogP contribution is 2.57. The van der Waals surface area contributed by atoms with Gasteiger partial charge >= 0.3 is 0 Å². The standard InChI is InChI=1S/C48H35N/c1-5-15-36(16-6-1)46-32-39(33-47(49-46)37-17-7-2-8-18-37)35-27-25-34(26-28-35)38-29-30-43-42-23-13-14-24-44(42)48(45(43)31-38,40-19-9-3-10-20-40)41-21-11-4-12-22-41/h1-12,14-22,24-33H,13,23H2. The fourth-order valence-electron chi connectivity index (χ4n) is 7.97. The van der Waals surface area contributed by atoms with Gasteiger partial charge in [-0.05, 0) is 86.7 Å². The van der Waals surface area contributed by atoms with Gasteiger partial charge in [0, 0.05) is 11.1 Å².